The van der Waals surface area contributed by atoms with Crippen molar-refractivity contribution >= 4 is 5.91 Å². The summed E-state index contributed by atoms with van der Waals surface area (Å²) in [6, 6.07) is 2.15. The van der Waals surface area contributed by atoms with E-state index < -0.39 is 0 Å². The van der Waals surface area contributed by atoms with Gasteiger partial charge in [-0.2, -0.15) is 5.10 Å². The molecule has 0 unspecified atom stereocenters. The van der Waals surface area contributed by atoms with Crippen molar-refractivity contribution in [2.45, 2.75) is 25.2 Å². The second kappa shape index (κ2) is 4.51. The number of carbonyl (C=O) groups excluding carboxylic acids is 1. The molecule has 0 spiro atoms. The van der Waals surface area contributed by atoms with E-state index in [-0.39, 0.29) is 5.91 Å². The Morgan fingerprint density at radius 1 is 1.75 bits per heavy atom. The maximum Gasteiger partial charge on any atom is 0.243 e. The number of nitrogens with zero attached hydrogens (tertiary/aromatic N) is 2. The lowest BCUT2D eigenvalue weighted by molar-refractivity contribution is -0.116. The topological polar surface area (TPSA) is 46.9 Å². The van der Waals surface area contributed by atoms with E-state index >= 15 is 0 Å². The fraction of sp³-hybridized carbons (Fsp3) is 0.500. The molecule has 1 aliphatic rings. The quantitative estimate of drug-likeness (QED) is 0.755. The van der Waals surface area contributed by atoms with Gasteiger partial charge in [-0.15, -0.1) is 0 Å². The van der Waals surface area contributed by atoms with Crippen LogP contribution in [0.1, 0.15) is 30.1 Å². The van der Waals surface area contributed by atoms with Gasteiger partial charge in [-0.05, 0) is 25.0 Å². The minimum absolute atomic E-state index is 0.121. The van der Waals surface area contributed by atoms with Crippen LogP contribution in [0.3, 0.4) is 0 Å². The van der Waals surface area contributed by atoms with E-state index in [0.717, 1.165) is 6.42 Å². The van der Waals surface area contributed by atoms with Crippen LogP contribution in [0.5, 0.6) is 0 Å². The number of carbonyl (C=O) groups is 1. The van der Waals surface area contributed by atoms with Gasteiger partial charge in [0.05, 0.1) is 5.69 Å². The number of hydrogen-bond acceptors (Lipinski definition) is 2. The van der Waals surface area contributed by atoms with E-state index in [1.165, 1.54) is 30.3 Å². The van der Waals surface area contributed by atoms with Crippen molar-refractivity contribution in [3.63, 3.8) is 0 Å². The van der Waals surface area contributed by atoms with Crippen molar-refractivity contribution in [3.8, 4) is 0 Å². The molecule has 4 heteroatoms. The molecule has 1 amide bonds. The second-order valence-electron chi connectivity index (χ2n) is 4.20. The van der Waals surface area contributed by atoms with E-state index in [1.54, 1.807) is 0 Å². The predicted molar refractivity (Wildman–Crippen MR) is 62.1 cm³/mol. The number of hydrogen-bond donors (Lipinski definition) is 1. The molecular formula is C12H17N3O. The van der Waals surface area contributed by atoms with Crippen molar-refractivity contribution in [1.29, 1.82) is 0 Å². The van der Waals surface area contributed by atoms with Crippen molar-refractivity contribution in [2.24, 2.45) is 7.05 Å². The largest absolute Gasteiger partial charge is 0.352 e. The van der Waals surface area contributed by atoms with Crippen LogP contribution in [0.15, 0.2) is 18.7 Å². The molecule has 2 rings (SSSR count). The first-order valence-electron chi connectivity index (χ1n) is 5.64. The number of aromatic nitrogens is 2. The Bertz CT molecular complexity index is 404. The van der Waals surface area contributed by atoms with Gasteiger partial charge in [0.2, 0.25) is 5.91 Å². The first-order valence-corrected chi connectivity index (χ1v) is 5.64. The van der Waals surface area contributed by atoms with Gasteiger partial charge in [-0.1, -0.05) is 6.58 Å². The number of amides is 1. The number of aryl methyl sites for hydroxylation is 1. The SMILES string of the molecule is C=CC(=O)NCCc1cc(C2CC2)nn1C. The average molecular weight is 219 g/mol. The molecular weight excluding hydrogens is 202 g/mol. The van der Waals surface area contributed by atoms with Gasteiger partial charge >= 0.3 is 0 Å². The highest BCUT2D eigenvalue weighted by molar-refractivity contribution is 5.86. The van der Waals surface area contributed by atoms with Crippen molar-refractivity contribution < 1.29 is 4.79 Å². The Balaban J connectivity index is 1.88. The Hall–Kier alpha value is -1.58. The fourth-order valence-electron chi connectivity index (χ4n) is 1.73. The summed E-state index contributed by atoms with van der Waals surface area (Å²) >= 11 is 0. The van der Waals surface area contributed by atoms with Gasteiger partial charge in [0.15, 0.2) is 0 Å². The third-order valence-corrected chi connectivity index (χ3v) is 2.86. The Morgan fingerprint density at radius 3 is 3.12 bits per heavy atom. The Morgan fingerprint density at radius 2 is 2.50 bits per heavy atom. The lowest BCUT2D eigenvalue weighted by atomic mass is 10.2. The van der Waals surface area contributed by atoms with Gasteiger partial charge in [-0.25, -0.2) is 0 Å². The Kier molecular flexibility index (Phi) is 3.08. The first-order chi connectivity index (χ1) is 7.70. The van der Waals surface area contributed by atoms with Gasteiger partial charge < -0.3 is 5.32 Å². The van der Waals surface area contributed by atoms with Crippen LogP contribution in [-0.2, 0) is 18.3 Å². The van der Waals surface area contributed by atoms with Crippen LogP contribution < -0.4 is 5.32 Å². The van der Waals surface area contributed by atoms with E-state index in [1.807, 2.05) is 11.7 Å². The highest BCUT2D eigenvalue weighted by atomic mass is 16.1. The van der Waals surface area contributed by atoms with Gasteiger partial charge in [-0.3, -0.25) is 9.48 Å². The molecule has 1 N–H and O–H groups in total. The van der Waals surface area contributed by atoms with Gasteiger partial charge in [0.25, 0.3) is 0 Å². The summed E-state index contributed by atoms with van der Waals surface area (Å²) in [5.74, 6) is 0.562. The molecule has 0 bridgehead atoms. The summed E-state index contributed by atoms with van der Waals surface area (Å²) in [5, 5.41) is 7.24. The lowest BCUT2D eigenvalue weighted by Gasteiger charge is -2.02. The summed E-state index contributed by atoms with van der Waals surface area (Å²) in [6.45, 7) is 4.04. The molecule has 4 nitrogen and oxygen atoms in total. The summed E-state index contributed by atoms with van der Waals surface area (Å²) in [7, 11) is 1.95. The van der Waals surface area contributed by atoms with E-state index in [9.17, 15) is 4.79 Å². The minimum atomic E-state index is -0.121. The molecule has 86 valence electrons. The van der Waals surface area contributed by atoms with Crippen LogP contribution >= 0.6 is 0 Å². The summed E-state index contributed by atoms with van der Waals surface area (Å²) in [5.41, 5.74) is 2.37. The second-order valence-corrected chi connectivity index (χ2v) is 4.20. The van der Waals surface area contributed by atoms with Crippen LogP contribution in [0.2, 0.25) is 0 Å². The smallest absolute Gasteiger partial charge is 0.243 e. The van der Waals surface area contributed by atoms with E-state index in [4.69, 9.17) is 0 Å². The zero-order valence-corrected chi connectivity index (χ0v) is 9.57. The molecule has 1 saturated carbocycles. The highest BCUT2D eigenvalue weighted by Gasteiger charge is 2.26. The summed E-state index contributed by atoms with van der Waals surface area (Å²) in [4.78, 5) is 11.0. The van der Waals surface area contributed by atoms with Crippen molar-refractivity contribution in [1.82, 2.24) is 15.1 Å². The average Bonchev–Trinajstić information content (AvgIpc) is 3.05. The third kappa shape index (κ3) is 2.51. The summed E-state index contributed by atoms with van der Waals surface area (Å²) < 4.78 is 1.91. The maximum absolute atomic E-state index is 11.0. The van der Waals surface area contributed by atoms with E-state index in [0.29, 0.717) is 12.5 Å². The fourth-order valence-corrected chi connectivity index (χ4v) is 1.73. The Labute approximate surface area is 95.3 Å². The monoisotopic (exact) mass is 219 g/mol. The first kappa shape index (κ1) is 10.9. The predicted octanol–water partition coefficient (Wildman–Crippen LogP) is 1.14. The van der Waals surface area contributed by atoms with Crippen LogP contribution in [0, 0.1) is 0 Å². The number of rotatable bonds is 5. The molecule has 0 radical (unpaired) electrons. The lowest BCUT2D eigenvalue weighted by Crippen LogP contribution is -2.23. The molecule has 1 fully saturated rings. The van der Waals surface area contributed by atoms with Crippen LogP contribution in [-0.4, -0.2) is 22.2 Å². The molecule has 0 aromatic carbocycles. The third-order valence-electron chi connectivity index (χ3n) is 2.86. The molecule has 1 heterocycles. The van der Waals surface area contributed by atoms with Gasteiger partial charge in [0.1, 0.15) is 0 Å². The minimum Gasteiger partial charge on any atom is -0.352 e. The molecule has 1 aromatic heterocycles. The standard InChI is InChI=1S/C12H17N3O/c1-3-12(16)13-7-6-10-8-11(9-4-5-9)14-15(10)2/h3,8-9H,1,4-7H2,2H3,(H,13,16). The zero-order valence-electron chi connectivity index (χ0n) is 9.57. The molecule has 0 aliphatic heterocycles. The van der Waals surface area contributed by atoms with Crippen LogP contribution in [0.25, 0.3) is 0 Å². The van der Waals surface area contributed by atoms with Crippen molar-refractivity contribution in [2.75, 3.05) is 6.54 Å². The van der Waals surface area contributed by atoms with Gasteiger partial charge in [0, 0.05) is 31.6 Å². The van der Waals surface area contributed by atoms with Crippen LogP contribution in [0.4, 0.5) is 0 Å². The zero-order chi connectivity index (χ0) is 11.5. The molecule has 0 atom stereocenters. The normalized spacial score (nSPS) is 14.8. The maximum atomic E-state index is 11.0. The number of nitrogens with one attached hydrogen (secondary N) is 1. The molecule has 0 saturated heterocycles. The summed E-state index contributed by atoms with van der Waals surface area (Å²) in [6.07, 6.45) is 4.64. The highest BCUT2D eigenvalue weighted by Crippen LogP contribution is 2.39. The van der Waals surface area contributed by atoms with Crippen molar-refractivity contribution in [3.05, 3.63) is 30.1 Å². The molecule has 16 heavy (non-hydrogen) atoms. The molecule has 1 aliphatic carbocycles. The molecule has 1 aromatic rings. The van der Waals surface area contributed by atoms with E-state index in [2.05, 4.69) is 23.1 Å².